The highest BCUT2D eigenvalue weighted by molar-refractivity contribution is 6.04. The van der Waals surface area contributed by atoms with Crippen LogP contribution in [0.3, 0.4) is 0 Å². The number of nitrogens with one attached hydrogen (secondary N) is 1. The molecule has 1 aromatic heterocycles. The maximum atomic E-state index is 13.7. The number of benzene rings is 1. The molecule has 2 aromatic rings. The number of halogens is 2. The number of amides is 1. The Labute approximate surface area is 157 Å². The molecule has 5 heteroatoms. The van der Waals surface area contributed by atoms with Gasteiger partial charge < -0.3 is 5.32 Å². The number of carbonyl (C=O) groups is 1. The van der Waals surface area contributed by atoms with Gasteiger partial charge in [-0.1, -0.05) is 18.1 Å². The molecule has 1 fully saturated rings. The monoisotopic (exact) mass is 368 g/mol. The lowest BCUT2D eigenvalue weighted by molar-refractivity contribution is 0.101. The van der Waals surface area contributed by atoms with Crippen molar-refractivity contribution in [1.82, 2.24) is 4.98 Å². The average Bonchev–Trinajstić information content (AvgIpc) is 3.09. The molecule has 2 aliphatic rings. The van der Waals surface area contributed by atoms with Crippen LogP contribution in [0, 0.1) is 23.5 Å². The van der Waals surface area contributed by atoms with E-state index in [-0.39, 0.29) is 5.82 Å². The number of anilines is 1. The van der Waals surface area contributed by atoms with Crippen molar-refractivity contribution in [2.75, 3.05) is 5.32 Å². The fraction of sp³-hybridized carbons (Fsp3) is 0.364. The molecule has 3 nitrogen and oxygen atoms in total. The fourth-order valence-corrected chi connectivity index (χ4v) is 4.51. The first kappa shape index (κ1) is 17.8. The average molecular weight is 368 g/mol. The first-order valence-electron chi connectivity index (χ1n) is 9.43. The minimum absolute atomic E-state index is 0.277. The molecule has 0 spiro atoms. The summed E-state index contributed by atoms with van der Waals surface area (Å²) < 4.78 is 27.5. The number of allylic oxidation sites excluding steroid dienone is 2. The third-order valence-electron chi connectivity index (χ3n) is 5.91. The number of carbonyl (C=O) groups excluding carboxylic acids is 1. The van der Waals surface area contributed by atoms with Crippen molar-refractivity contribution in [3.05, 3.63) is 64.9 Å². The van der Waals surface area contributed by atoms with E-state index in [1.165, 1.54) is 36.5 Å². The number of aromatic nitrogens is 1. The van der Waals surface area contributed by atoms with Gasteiger partial charge in [0.15, 0.2) is 0 Å². The Morgan fingerprint density at radius 1 is 1.07 bits per heavy atom. The normalized spacial score (nSPS) is 21.9. The van der Waals surface area contributed by atoms with Crippen LogP contribution in [0.4, 0.5) is 14.6 Å². The van der Waals surface area contributed by atoms with Crippen molar-refractivity contribution in [2.45, 2.75) is 39.0 Å². The number of pyridine rings is 1. The lowest BCUT2D eigenvalue weighted by atomic mass is 9.76. The molecule has 0 bridgehead atoms. The van der Waals surface area contributed by atoms with Crippen LogP contribution in [0.5, 0.6) is 0 Å². The van der Waals surface area contributed by atoms with E-state index in [4.69, 9.17) is 0 Å². The second-order valence-electron chi connectivity index (χ2n) is 7.60. The molecule has 2 unspecified atom stereocenters. The van der Waals surface area contributed by atoms with Gasteiger partial charge >= 0.3 is 0 Å². The van der Waals surface area contributed by atoms with Gasteiger partial charge in [0.25, 0.3) is 5.91 Å². The summed E-state index contributed by atoms with van der Waals surface area (Å²) in [5.74, 6) is -0.744. The molecule has 1 saturated carbocycles. The van der Waals surface area contributed by atoms with E-state index in [1.807, 2.05) is 6.07 Å². The van der Waals surface area contributed by atoms with E-state index >= 15 is 0 Å². The maximum absolute atomic E-state index is 13.7. The van der Waals surface area contributed by atoms with Crippen molar-refractivity contribution in [3.63, 3.8) is 0 Å². The van der Waals surface area contributed by atoms with Gasteiger partial charge in [0.05, 0.1) is 0 Å². The molecule has 27 heavy (non-hydrogen) atoms. The van der Waals surface area contributed by atoms with E-state index in [1.54, 1.807) is 12.3 Å². The quantitative estimate of drug-likeness (QED) is 0.767. The van der Waals surface area contributed by atoms with Gasteiger partial charge in [0.1, 0.15) is 23.0 Å². The van der Waals surface area contributed by atoms with E-state index in [2.05, 4.69) is 17.2 Å². The van der Waals surface area contributed by atoms with Crippen LogP contribution < -0.4 is 5.32 Å². The summed E-state index contributed by atoms with van der Waals surface area (Å²) >= 11 is 0. The Kier molecular flexibility index (Phi) is 4.77. The van der Waals surface area contributed by atoms with Crippen molar-refractivity contribution in [1.29, 1.82) is 0 Å². The SMILES string of the molecule is CC1=C(c2ccc(NC(=O)c3c(F)cccc3F)nc2)CC2CCCC2C1. The summed E-state index contributed by atoms with van der Waals surface area (Å²) in [5.41, 5.74) is 3.24. The largest absolute Gasteiger partial charge is 0.306 e. The predicted molar refractivity (Wildman–Crippen MR) is 101 cm³/mol. The lowest BCUT2D eigenvalue weighted by Gasteiger charge is -2.29. The number of hydrogen-bond donors (Lipinski definition) is 1. The molecule has 1 amide bonds. The summed E-state index contributed by atoms with van der Waals surface area (Å²) in [5, 5.41) is 2.47. The van der Waals surface area contributed by atoms with Crippen LogP contribution in [0.25, 0.3) is 5.57 Å². The van der Waals surface area contributed by atoms with E-state index < -0.39 is 23.1 Å². The van der Waals surface area contributed by atoms with Gasteiger partial charge in [-0.3, -0.25) is 4.79 Å². The summed E-state index contributed by atoms with van der Waals surface area (Å²) in [6, 6.07) is 6.96. The maximum Gasteiger partial charge on any atom is 0.262 e. The van der Waals surface area contributed by atoms with Crippen LogP contribution in [-0.2, 0) is 0 Å². The first-order valence-corrected chi connectivity index (χ1v) is 9.43. The van der Waals surface area contributed by atoms with Crippen LogP contribution in [0.1, 0.15) is 54.9 Å². The molecule has 2 aliphatic carbocycles. The Morgan fingerprint density at radius 3 is 2.44 bits per heavy atom. The van der Waals surface area contributed by atoms with Crippen LogP contribution in [0.15, 0.2) is 42.1 Å². The highest BCUT2D eigenvalue weighted by Crippen LogP contribution is 2.46. The summed E-state index contributed by atoms with van der Waals surface area (Å²) in [6.07, 6.45) is 7.95. The van der Waals surface area contributed by atoms with Crippen molar-refractivity contribution in [3.8, 4) is 0 Å². The van der Waals surface area contributed by atoms with Gasteiger partial charge in [0, 0.05) is 6.20 Å². The Morgan fingerprint density at radius 2 is 1.78 bits per heavy atom. The zero-order chi connectivity index (χ0) is 19.0. The molecule has 2 atom stereocenters. The van der Waals surface area contributed by atoms with E-state index in [0.29, 0.717) is 0 Å². The molecule has 1 aromatic carbocycles. The molecular formula is C22H22F2N2O. The zero-order valence-corrected chi connectivity index (χ0v) is 15.3. The molecule has 0 saturated heterocycles. The molecule has 0 radical (unpaired) electrons. The molecule has 1 heterocycles. The van der Waals surface area contributed by atoms with Crippen molar-refractivity contribution >= 4 is 17.3 Å². The highest BCUT2D eigenvalue weighted by Gasteiger charge is 2.32. The fourth-order valence-electron chi connectivity index (χ4n) is 4.51. The first-order chi connectivity index (χ1) is 13.0. The second kappa shape index (κ2) is 7.22. The van der Waals surface area contributed by atoms with Crippen molar-refractivity contribution in [2.24, 2.45) is 11.8 Å². The number of hydrogen-bond acceptors (Lipinski definition) is 2. The third kappa shape index (κ3) is 3.51. The summed E-state index contributed by atoms with van der Waals surface area (Å²) in [4.78, 5) is 16.5. The number of nitrogens with zero attached hydrogens (tertiary/aromatic N) is 1. The lowest BCUT2D eigenvalue weighted by Crippen LogP contribution is -2.17. The molecule has 1 N–H and O–H groups in total. The molecule has 140 valence electrons. The van der Waals surface area contributed by atoms with E-state index in [0.717, 1.165) is 42.4 Å². The van der Waals surface area contributed by atoms with Crippen molar-refractivity contribution < 1.29 is 13.6 Å². The number of rotatable bonds is 3. The Balaban J connectivity index is 1.51. The van der Waals surface area contributed by atoms with Crippen LogP contribution in [0.2, 0.25) is 0 Å². The highest BCUT2D eigenvalue weighted by atomic mass is 19.1. The second-order valence-corrected chi connectivity index (χ2v) is 7.60. The van der Waals surface area contributed by atoms with Crippen LogP contribution in [-0.4, -0.2) is 10.9 Å². The summed E-state index contributed by atoms with van der Waals surface area (Å²) in [6.45, 7) is 2.19. The Bertz CT molecular complexity index is 885. The predicted octanol–water partition coefficient (Wildman–Crippen LogP) is 5.60. The molecular weight excluding hydrogens is 346 g/mol. The van der Waals surface area contributed by atoms with Gasteiger partial charge in [0.2, 0.25) is 0 Å². The van der Waals surface area contributed by atoms with Gasteiger partial charge in [-0.15, -0.1) is 0 Å². The minimum atomic E-state index is -0.891. The molecule has 4 rings (SSSR count). The van der Waals surface area contributed by atoms with E-state index in [9.17, 15) is 13.6 Å². The van der Waals surface area contributed by atoms with Gasteiger partial charge in [-0.05, 0) is 79.8 Å². The minimum Gasteiger partial charge on any atom is -0.306 e. The standard InChI is InChI=1S/C22H22F2N2O/c1-13-10-14-4-2-5-15(14)11-17(13)16-8-9-20(25-12-16)26-22(27)21-18(23)6-3-7-19(21)24/h3,6-9,12,14-15H,2,4-5,10-11H2,1H3,(H,25,26,27). The number of fused-ring (bicyclic) bond motifs is 1. The summed E-state index contributed by atoms with van der Waals surface area (Å²) in [7, 11) is 0. The van der Waals surface area contributed by atoms with Crippen LogP contribution >= 0.6 is 0 Å². The zero-order valence-electron chi connectivity index (χ0n) is 15.3. The topological polar surface area (TPSA) is 42.0 Å². The Hall–Kier alpha value is -2.56. The molecule has 0 aliphatic heterocycles. The van der Waals surface area contributed by atoms with Gasteiger partial charge in [-0.2, -0.15) is 0 Å². The smallest absolute Gasteiger partial charge is 0.262 e. The van der Waals surface area contributed by atoms with Gasteiger partial charge in [-0.25, -0.2) is 13.8 Å². The third-order valence-corrected chi connectivity index (χ3v) is 5.91.